The first-order valence-electron chi connectivity index (χ1n) is 4.77. The second-order valence-electron chi connectivity index (χ2n) is 3.12. The maximum Gasteiger partial charge on any atom is 0.309 e. The summed E-state index contributed by atoms with van der Waals surface area (Å²) >= 11 is 0. The summed E-state index contributed by atoms with van der Waals surface area (Å²) in [6, 6.07) is 0. The number of hydrogen-bond acceptors (Lipinski definition) is 3. The van der Waals surface area contributed by atoms with Gasteiger partial charge in [0.1, 0.15) is 6.29 Å². The van der Waals surface area contributed by atoms with Crippen LogP contribution in [0.15, 0.2) is 0 Å². The van der Waals surface area contributed by atoms with E-state index in [-0.39, 0.29) is 18.3 Å². The summed E-state index contributed by atoms with van der Waals surface area (Å²) in [5.74, 6) is -0.489. The van der Waals surface area contributed by atoms with Crippen LogP contribution in [0, 0.1) is 5.92 Å². The highest BCUT2D eigenvalue weighted by Gasteiger charge is 2.17. The summed E-state index contributed by atoms with van der Waals surface area (Å²) in [5.41, 5.74) is 0. The first-order valence-corrected chi connectivity index (χ1v) is 4.77. The van der Waals surface area contributed by atoms with E-state index in [9.17, 15) is 9.59 Å². The number of rotatable bonds is 7. The van der Waals surface area contributed by atoms with Crippen LogP contribution < -0.4 is 0 Å². The lowest BCUT2D eigenvalue weighted by atomic mass is 9.99. The Kier molecular flexibility index (Phi) is 7.26. The molecular weight excluding hydrogens is 168 g/mol. The van der Waals surface area contributed by atoms with E-state index in [0.717, 1.165) is 32.0 Å². The Bertz CT molecular complexity index is 154. The Balaban J connectivity index is 3.79. The van der Waals surface area contributed by atoms with Gasteiger partial charge < -0.3 is 9.53 Å². The molecular formula is C10H18O3. The van der Waals surface area contributed by atoms with Gasteiger partial charge in [-0.15, -0.1) is 0 Å². The van der Waals surface area contributed by atoms with Crippen LogP contribution in [0.5, 0.6) is 0 Å². The molecule has 76 valence electrons. The summed E-state index contributed by atoms with van der Waals surface area (Å²) in [6.07, 6.45) is 5.05. The van der Waals surface area contributed by atoms with Gasteiger partial charge in [0.15, 0.2) is 0 Å². The van der Waals surface area contributed by atoms with Crippen LogP contribution in [0.3, 0.4) is 0 Å². The van der Waals surface area contributed by atoms with Crippen molar-refractivity contribution >= 4 is 12.3 Å². The highest BCUT2D eigenvalue weighted by atomic mass is 16.5. The van der Waals surface area contributed by atoms with Crippen molar-refractivity contribution in [3.8, 4) is 0 Å². The van der Waals surface area contributed by atoms with Gasteiger partial charge in [-0.05, 0) is 6.42 Å². The zero-order valence-corrected chi connectivity index (χ0v) is 8.41. The van der Waals surface area contributed by atoms with Crippen molar-refractivity contribution in [2.24, 2.45) is 5.92 Å². The molecule has 0 fully saturated rings. The second-order valence-corrected chi connectivity index (χ2v) is 3.12. The van der Waals surface area contributed by atoms with Gasteiger partial charge >= 0.3 is 5.97 Å². The van der Waals surface area contributed by atoms with E-state index in [4.69, 9.17) is 0 Å². The smallest absolute Gasteiger partial charge is 0.309 e. The molecule has 3 heteroatoms. The van der Waals surface area contributed by atoms with E-state index in [2.05, 4.69) is 11.7 Å². The van der Waals surface area contributed by atoms with E-state index < -0.39 is 0 Å². The van der Waals surface area contributed by atoms with Crippen LogP contribution in [0.1, 0.15) is 39.0 Å². The molecule has 3 nitrogen and oxygen atoms in total. The Morgan fingerprint density at radius 2 is 2.15 bits per heavy atom. The van der Waals surface area contributed by atoms with Gasteiger partial charge in [0.25, 0.3) is 0 Å². The molecule has 0 N–H and O–H groups in total. The van der Waals surface area contributed by atoms with Crippen LogP contribution in [-0.2, 0) is 14.3 Å². The van der Waals surface area contributed by atoms with E-state index in [1.165, 1.54) is 7.11 Å². The standard InChI is InChI=1S/C10H18O3/c1-3-4-5-6-9(7-8-11)10(12)13-2/h8-9H,3-7H2,1-2H3/t9-/m0/s1. The summed E-state index contributed by atoms with van der Waals surface area (Å²) in [6.45, 7) is 2.10. The monoisotopic (exact) mass is 186 g/mol. The number of carbonyl (C=O) groups is 2. The number of ether oxygens (including phenoxy) is 1. The molecule has 0 aliphatic rings. The summed E-state index contributed by atoms with van der Waals surface area (Å²) in [5, 5.41) is 0. The summed E-state index contributed by atoms with van der Waals surface area (Å²) in [7, 11) is 1.36. The fraction of sp³-hybridized carbons (Fsp3) is 0.800. The van der Waals surface area contributed by atoms with Gasteiger partial charge in [0, 0.05) is 6.42 Å². The van der Waals surface area contributed by atoms with Crippen molar-refractivity contribution in [3.05, 3.63) is 0 Å². The molecule has 13 heavy (non-hydrogen) atoms. The third-order valence-electron chi connectivity index (χ3n) is 2.07. The van der Waals surface area contributed by atoms with E-state index in [0.29, 0.717) is 0 Å². The van der Waals surface area contributed by atoms with Gasteiger partial charge in [-0.1, -0.05) is 26.2 Å². The van der Waals surface area contributed by atoms with Crippen molar-refractivity contribution in [3.63, 3.8) is 0 Å². The van der Waals surface area contributed by atoms with Gasteiger partial charge in [-0.25, -0.2) is 0 Å². The Hall–Kier alpha value is -0.860. The third kappa shape index (κ3) is 5.39. The predicted molar refractivity (Wildman–Crippen MR) is 50.3 cm³/mol. The summed E-state index contributed by atoms with van der Waals surface area (Å²) < 4.78 is 4.60. The topological polar surface area (TPSA) is 43.4 Å². The molecule has 0 amide bonds. The van der Waals surface area contributed by atoms with Crippen LogP contribution in [0.25, 0.3) is 0 Å². The first kappa shape index (κ1) is 12.1. The average molecular weight is 186 g/mol. The molecule has 0 unspecified atom stereocenters. The molecule has 0 saturated heterocycles. The number of carbonyl (C=O) groups excluding carboxylic acids is 2. The molecule has 0 bridgehead atoms. The zero-order valence-electron chi connectivity index (χ0n) is 8.41. The fourth-order valence-electron chi connectivity index (χ4n) is 1.26. The molecule has 0 heterocycles. The third-order valence-corrected chi connectivity index (χ3v) is 2.07. The lowest BCUT2D eigenvalue weighted by Gasteiger charge is -2.10. The lowest BCUT2D eigenvalue weighted by molar-refractivity contribution is -0.146. The quantitative estimate of drug-likeness (QED) is 0.347. The van der Waals surface area contributed by atoms with Crippen LogP contribution >= 0.6 is 0 Å². The summed E-state index contributed by atoms with van der Waals surface area (Å²) in [4.78, 5) is 21.4. The maximum atomic E-state index is 11.1. The Morgan fingerprint density at radius 1 is 1.46 bits per heavy atom. The van der Waals surface area contributed by atoms with Crippen LogP contribution in [0.2, 0.25) is 0 Å². The minimum absolute atomic E-state index is 0.228. The van der Waals surface area contributed by atoms with E-state index in [1.54, 1.807) is 0 Å². The van der Waals surface area contributed by atoms with Crippen LogP contribution in [-0.4, -0.2) is 19.4 Å². The maximum absolute atomic E-state index is 11.1. The number of hydrogen-bond donors (Lipinski definition) is 0. The van der Waals surface area contributed by atoms with Gasteiger partial charge in [0.2, 0.25) is 0 Å². The van der Waals surface area contributed by atoms with Gasteiger partial charge in [-0.2, -0.15) is 0 Å². The predicted octanol–water partition coefficient (Wildman–Crippen LogP) is 1.94. The second kappa shape index (κ2) is 7.77. The fourth-order valence-corrected chi connectivity index (χ4v) is 1.26. The highest BCUT2D eigenvalue weighted by Crippen LogP contribution is 2.14. The average Bonchev–Trinajstić information content (AvgIpc) is 2.16. The minimum atomic E-state index is -0.261. The number of unbranched alkanes of at least 4 members (excludes halogenated alkanes) is 2. The van der Waals surface area contributed by atoms with Crippen molar-refractivity contribution < 1.29 is 14.3 Å². The van der Waals surface area contributed by atoms with Crippen LogP contribution in [0.4, 0.5) is 0 Å². The molecule has 0 rings (SSSR count). The van der Waals surface area contributed by atoms with Crippen molar-refractivity contribution in [2.75, 3.05) is 7.11 Å². The molecule has 0 radical (unpaired) electrons. The molecule has 0 saturated carbocycles. The van der Waals surface area contributed by atoms with Gasteiger partial charge in [-0.3, -0.25) is 4.79 Å². The Labute approximate surface area is 79.5 Å². The molecule has 0 aromatic rings. The number of esters is 1. The largest absolute Gasteiger partial charge is 0.469 e. The molecule has 0 aliphatic heterocycles. The van der Waals surface area contributed by atoms with Gasteiger partial charge in [0.05, 0.1) is 13.0 Å². The van der Waals surface area contributed by atoms with Crippen molar-refractivity contribution in [1.82, 2.24) is 0 Å². The molecule has 0 aromatic carbocycles. The Morgan fingerprint density at radius 3 is 2.62 bits per heavy atom. The minimum Gasteiger partial charge on any atom is -0.469 e. The lowest BCUT2D eigenvalue weighted by Crippen LogP contribution is -2.16. The van der Waals surface area contributed by atoms with Crippen molar-refractivity contribution in [1.29, 1.82) is 0 Å². The zero-order chi connectivity index (χ0) is 10.1. The van der Waals surface area contributed by atoms with Crippen molar-refractivity contribution in [2.45, 2.75) is 39.0 Å². The number of methoxy groups -OCH3 is 1. The molecule has 0 aliphatic carbocycles. The van der Waals surface area contributed by atoms with E-state index in [1.807, 2.05) is 0 Å². The highest BCUT2D eigenvalue weighted by molar-refractivity contribution is 5.75. The van der Waals surface area contributed by atoms with E-state index >= 15 is 0 Å². The first-order chi connectivity index (χ1) is 6.26. The molecule has 1 atom stereocenters. The number of aldehydes is 1. The molecule has 0 aromatic heterocycles. The normalized spacial score (nSPS) is 12.2. The molecule has 0 spiro atoms. The SMILES string of the molecule is CCCCC[C@@H](CC=O)C(=O)OC.